The summed E-state index contributed by atoms with van der Waals surface area (Å²) in [6, 6.07) is 21.8. The Kier molecular flexibility index (Phi) is 5.53. The molecule has 4 aromatic rings. The third-order valence-corrected chi connectivity index (χ3v) is 6.71. The fourth-order valence-electron chi connectivity index (χ4n) is 4.84. The van der Waals surface area contributed by atoms with Gasteiger partial charge in [0.1, 0.15) is 0 Å². The average molecular weight is 470 g/mol. The van der Waals surface area contributed by atoms with Gasteiger partial charge in [0, 0.05) is 26.3 Å². The molecule has 0 fully saturated rings. The minimum Gasteiger partial charge on any atom is -0.309 e. The van der Waals surface area contributed by atoms with Crippen molar-refractivity contribution in [3.63, 3.8) is 0 Å². The molecule has 0 aliphatic heterocycles. The summed E-state index contributed by atoms with van der Waals surface area (Å²) in [5.74, 6) is 0. The van der Waals surface area contributed by atoms with Crippen LogP contribution in [0, 0.1) is 0 Å². The van der Waals surface area contributed by atoms with Crippen molar-refractivity contribution in [1.82, 2.24) is 4.57 Å². The molecule has 1 heterocycles. The fraction of sp³-hybridized carbons (Fsp3) is 0.172. The highest BCUT2D eigenvalue weighted by Gasteiger charge is 2.36. The highest BCUT2D eigenvalue weighted by molar-refractivity contribution is 9.10. The zero-order valence-electron chi connectivity index (χ0n) is 18.7. The maximum absolute atomic E-state index is 4.10. The lowest BCUT2D eigenvalue weighted by molar-refractivity contribution is 0.655. The lowest BCUT2D eigenvalue weighted by Gasteiger charge is -2.23. The lowest BCUT2D eigenvalue weighted by Crippen LogP contribution is -2.16. The fourth-order valence-corrected chi connectivity index (χ4v) is 5.21. The Labute approximate surface area is 193 Å². The molecular weight excluding hydrogens is 442 g/mol. The number of para-hydroxylation sites is 1. The zero-order chi connectivity index (χ0) is 22.3. The number of halogens is 1. The van der Waals surface area contributed by atoms with E-state index in [0.29, 0.717) is 0 Å². The highest BCUT2D eigenvalue weighted by Crippen LogP contribution is 2.49. The number of allylic oxidation sites excluding steroid dienone is 4. The van der Waals surface area contributed by atoms with Gasteiger partial charge in [-0.05, 0) is 64.7 Å². The minimum atomic E-state index is -0.104. The molecule has 0 radical (unpaired) electrons. The lowest BCUT2D eigenvalue weighted by atomic mass is 9.81. The van der Waals surface area contributed by atoms with Crippen LogP contribution in [0.2, 0.25) is 0 Å². The van der Waals surface area contributed by atoms with E-state index in [1.165, 1.54) is 49.8 Å². The van der Waals surface area contributed by atoms with Crippen LogP contribution in [0.3, 0.4) is 0 Å². The molecule has 1 aromatic heterocycles. The molecule has 156 valence electrons. The van der Waals surface area contributed by atoms with Crippen LogP contribution in [-0.2, 0) is 5.41 Å². The molecule has 1 aliphatic carbocycles. The first-order valence-electron chi connectivity index (χ1n) is 10.8. The smallest absolute Gasteiger partial charge is 0.0544 e. The molecule has 2 heteroatoms. The van der Waals surface area contributed by atoms with E-state index in [2.05, 4.69) is 108 Å². The van der Waals surface area contributed by atoms with Gasteiger partial charge in [-0.1, -0.05) is 87.1 Å². The third kappa shape index (κ3) is 3.13. The van der Waals surface area contributed by atoms with E-state index in [-0.39, 0.29) is 5.41 Å². The van der Waals surface area contributed by atoms with Gasteiger partial charge < -0.3 is 4.57 Å². The maximum atomic E-state index is 4.10. The summed E-state index contributed by atoms with van der Waals surface area (Å²) in [4.78, 5) is 0. The molecule has 0 amide bonds. The molecule has 31 heavy (non-hydrogen) atoms. The van der Waals surface area contributed by atoms with Crippen LogP contribution in [0.4, 0.5) is 0 Å². The SMILES string of the molecule is C=CC1=C(C=C)C(C)(C)c2cc3c(cc21)c1cc(Br)ccc1n3-c1ccccc1.CC. The van der Waals surface area contributed by atoms with Crippen molar-refractivity contribution in [2.24, 2.45) is 0 Å². The molecule has 0 saturated heterocycles. The van der Waals surface area contributed by atoms with Crippen molar-refractivity contribution >= 4 is 43.3 Å². The van der Waals surface area contributed by atoms with Gasteiger partial charge in [0.2, 0.25) is 0 Å². The molecule has 1 nitrogen and oxygen atoms in total. The van der Waals surface area contributed by atoms with E-state index >= 15 is 0 Å². The third-order valence-electron chi connectivity index (χ3n) is 6.22. The molecule has 3 aromatic carbocycles. The predicted octanol–water partition coefficient (Wildman–Crippen LogP) is 8.99. The maximum Gasteiger partial charge on any atom is 0.0544 e. The van der Waals surface area contributed by atoms with Crippen LogP contribution in [0.15, 0.2) is 96.0 Å². The predicted molar refractivity (Wildman–Crippen MR) is 140 cm³/mol. The Morgan fingerprint density at radius 3 is 2.16 bits per heavy atom. The first-order valence-corrected chi connectivity index (χ1v) is 11.6. The normalized spacial score (nSPS) is 14.4. The van der Waals surface area contributed by atoms with Crippen molar-refractivity contribution in [2.45, 2.75) is 33.1 Å². The van der Waals surface area contributed by atoms with Gasteiger partial charge in [-0.3, -0.25) is 0 Å². The van der Waals surface area contributed by atoms with Crippen molar-refractivity contribution < 1.29 is 0 Å². The second kappa shape index (κ2) is 8.01. The monoisotopic (exact) mass is 469 g/mol. The van der Waals surface area contributed by atoms with E-state index in [4.69, 9.17) is 0 Å². The number of aromatic nitrogens is 1. The van der Waals surface area contributed by atoms with Gasteiger partial charge in [-0.25, -0.2) is 0 Å². The number of nitrogens with zero attached hydrogens (tertiary/aromatic N) is 1. The Bertz CT molecular complexity index is 1350. The highest BCUT2D eigenvalue weighted by atomic mass is 79.9. The minimum absolute atomic E-state index is 0.104. The molecular formula is C29H28BrN. The number of benzene rings is 3. The van der Waals surface area contributed by atoms with Gasteiger partial charge in [0.15, 0.2) is 0 Å². The van der Waals surface area contributed by atoms with E-state index in [9.17, 15) is 0 Å². The van der Waals surface area contributed by atoms with Crippen LogP contribution in [0.25, 0.3) is 33.1 Å². The van der Waals surface area contributed by atoms with E-state index in [1.807, 2.05) is 26.0 Å². The molecule has 0 unspecified atom stereocenters. The van der Waals surface area contributed by atoms with Gasteiger partial charge in [-0.15, -0.1) is 0 Å². The van der Waals surface area contributed by atoms with Crippen LogP contribution >= 0.6 is 15.9 Å². The quantitative estimate of drug-likeness (QED) is 0.282. The van der Waals surface area contributed by atoms with E-state index < -0.39 is 0 Å². The Morgan fingerprint density at radius 1 is 0.839 bits per heavy atom. The molecule has 0 bridgehead atoms. The number of fused-ring (bicyclic) bond motifs is 4. The van der Waals surface area contributed by atoms with Crippen molar-refractivity contribution in [2.75, 3.05) is 0 Å². The molecule has 1 aliphatic rings. The summed E-state index contributed by atoms with van der Waals surface area (Å²) in [5.41, 5.74) is 8.53. The largest absolute Gasteiger partial charge is 0.309 e. The summed E-state index contributed by atoms with van der Waals surface area (Å²) in [5, 5.41) is 2.50. The number of hydrogen-bond acceptors (Lipinski definition) is 0. The van der Waals surface area contributed by atoms with Crippen LogP contribution in [0.1, 0.15) is 38.8 Å². The van der Waals surface area contributed by atoms with Crippen LogP contribution in [0.5, 0.6) is 0 Å². The summed E-state index contributed by atoms with van der Waals surface area (Å²) >= 11 is 3.66. The number of hydrogen-bond donors (Lipinski definition) is 0. The van der Waals surface area contributed by atoms with Crippen LogP contribution < -0.4 is 0 Å². The number of rotatable bonds is 3. The Balaban J connectivity index is 0.00000112. The topological polar surface area (TPSA) is 4.93 Å². The average Bonchev–Trinajstić information content (AvgIpc) is 3.21. The molecule has 0 spiro atoms. The Hall–Kier alpha value is -2.84. The summed E-state index contributed by atoms with van der Waals surface area (Å²) in [6.45, 7) is 16.7. The van der Waals surface area contributed by atoms with Crippen molar-refractivity contribution in [3.05, 3.63) is 107 Å². The van der Waals surface area contributed by atoms with Crippen molar-refractivity contribution in [3.8, 4) is 5.69 Å². The first kappa shape index (κ1) is 21.4. The first-order chi connectivity index (χ1) is 15.0. The molecule has 0 atom stereocenters. The second-order valence-electron chi connectivity index (χ2n) is 8.11. The van der Waals surface area contributed by atoms with Gasteiger partial charge >= 0.3 is 0 Å². The van der Waals surface area contributed by atoms with Gasteiger partial charge in [0.25, 0.3) is 0 Å². The summed E-state index contributed by atoms with van der Waals surface area (Å²) < 4.78 is 3.46. The molecule has 0 N–H and O–H groups in total. The zero-order valence-corrected chi connectivity index (χ0v) is 20.3. The molecule has 0 saturated carbocycles. The standard InChI is InChI=1S/C27H22BrN.C2H6/c1-5-19-20-15-22-21-14-17(28)12-13-25(21)29(18-10-8-7-9-11-18)26(22)16-24(20)27(3,4)23(19)6-2;1-2/h5-16H,1-2H2,3-4H3;1-2H3. The Morgan fingerprint density at radius 2 is 1.52 bits per heavy atom. The summed E-state index contributed by atoms with van der Waals surface area (Å²) in [7, 11) is 0. The van der Waals surface area contributed by atoms with Gasteiger partial charge in [0.05, 0.1) is 11.0 Å². The van der Waals surface area contributed by atoms with E-state index in [1.54, 1.807) is 0 Å². The molecule has 5 rings (SSSR count). The summed E-state index contributed by atoms with van der Waals surface area (Å²) in [6.07, 6.45) is 3.96. The van der Waals surface area contributed by atoms with E-state index in [0.717, 1.165) is 4.47 Å². The van der Waals surface area contributed by atoms with Crippen LogP contribution in [-0.4, -0.2) is 4.57 Å². The van der Waals surface area contributed by atoms with Crippen molar-refractivity contribution in [1.29, 1.82) is 0 Å². The van der Waals surface area contributed by atoms with Gasteiger partial charge in [-0.2, -0.15) is 0 Å². The second-order valence-corrected chi connectivity index (χ2v) is 9.02.